The van der Waals surface area contributed by atoms with Gasteiger partial charge in [-0.05, 0) is 79.5 Å². The molecule has 4 aromatic heterocycles. The van der Waals surface area contributed by atoms with Crippen LogP contribution in [0.2, 0.25) is 0 Å². The van der Waals surface area contributed by atoms with E-state index in [2.05, 4.69) is 72.8 Å². The van der Waals surface area contributed by atoms with E-state index in [1.807, 2.05) is 48.5 Å². The predicted octanol–water partition coefficient (Wildman–Crippen LogP) is 9.55. The Kier molecular flexibility index (Phi) is 4.12. The monoisotopic (exact) mass is 636 g/mol. The molecule has 0 aliphatic rings. The second-order valence-corrected chi connectivity index (χ2v) is 13.6. The topological polar surface area (TPSA) is 68.7 Å². The van der Waals surface area contributed by atoms with Crippen molar-refractivity contribution in [3.8, 4) is 0 Å². The number of fused-ring (bicyclic) bond motifs is 14. The van der Waals surface area contributed by atoms with Crippen LogP contribution in [0, 0.1) is 0 Å². The molecule has 0 radical (unpaired) electrons. The summed E-state index contributed by atoms with van der Waals surface area (Å²) in [6.45, 7) is 0. The maximum atomic E-state index is 14.4. The highest BCUT2D eigenvalue weighted by molar-refractivity contribution is 6.40. The van der Waals surface area contributed by atoms with E-state index < -0.39 is 0 Å². The van der Waals surface area contributed by atoms with E-state index in [4.69, 9.17) is 9.97 Å². The number of aromatic nitrogens is 4. The third-order valence-corrected chi connectivity index (χ3v) is 11.3. The third-order valence-electron chi connectivity index (χ3n) is 11.3. The summed E-state index contributed by atoms with van der Waals surface area (Å²) in [6.07, 6.45) is 0. The Hall–Kier alpha value is -6.92. The molecule has 0 unspecified atom stereocenters. The number of benzene rings is 9. The maximum Gasteiger partial charge on any atom is 0.264 e. The molecule has 0 atom stereocenters. The third kappa shape index (κ3) is 2.67. The first kappa shape index (κ1) is 25.1. The predicted molar refractivity (Wildman–Crippen MR) is 205 cm³/mol. The Morgan fingerprint density at radius 1 is 0.340 bits per heavy atom. The molecule has 228 valence electrons. The fourth-order valence-electron chi connectivity index (χ4n) is 9.25. The van der Waals surface area contributed by atoms with E-state index >= 15 is 0 Å². The molecule has 0 spiro atoms. The van der Waals surface area contributed by atoms with E-state index in [1.54, 1.807) is 8.80 Å². The van der Waals surface area contributed by atoms with Crippen molar-refractivity contribution < 1.29 is 0 Å². The lowest BCUT2D eigenvalue weighted by atomic mass is 9.86. The van der Waals surface area contributed by atoms with Crippen LogP contribution in [-0.2, 0) is 0 Å². The second-order valence-electron chi connectivity index (χ2n) is 13.6. The molecule has 0 fully saturated rings. The highest BCUT2D eigenvalue weighted by Gasteiger charge is 2.24. The van der Waals surface area contributed by atoms with Gasteiger partial charge in [0.15, 0.2) is 0 Å². The molecule has 6 nitrogen and oxygen atoms in total. The molecule has 50 heavy (non-hydrogen) atoms. The van der Waals surface area contributed by atoms with Gasteiger partial charge in [-0.2, -0.15) is 0 Å². The van der Waals surface area contributed by atoms with Gasteiger partial charge in [-0.3, -0.25) is 18.4 Å². The second kappa shape index (κ2) is 8.20. The summed E-state index contributed by atoms with van der Waals surface area (Å²) in [6, 6.07) is 41.2. The van der Waals surface area contributed by atoms with Crippen molar-refractivity contribution in [2.45, 2.75) is 0 Å². The minimum atomic E-state index is -0.0675. The normalized spacial score (nSPS) is 13.0. The lowest BCUT2D eigenvalue weighted by Crippen LogP contribution is -2.14. The number of nitrogens with zero attached hydrogens (tertiary/aromatic N) is 4. The average molecular weight is 637 g/mol. The first-order valence-corrected chi connectivity index (χ1v) is 16.8. The van der Waals surface area contributed by atoms with E-state index in [-0.39, 0.29) is 11.1 Å². The summed E-state index contributed by atoms with van der Waals surface area (Å²) in [5.74, 6) is 0. The number of hydrogen-bond donors (Lipinski definition) is 0. The summed E-state index contributed by atoms with van der Waals surface area (Å²) < 4.78 is 3.56. The van der Waals surface area contributed by atoms with Crippen LogP contribution in [0.1, 0.15) is 0 Å². The molecule has 0 N–H and O–H groups in total. The molecule has 4 heterocycles. The van der Waals surface area contributed by atoms with Crippen LogP contribution >= 0.6 is 0 Å². The van der Waals surface area contributed by atoms with Crippen LogP contribution in [0.4, 0.5) is 0 Å². The molecule has 0 aliphatic heterocycles. The average Bonchev–Trinajstić information content (AvgIpc) is 3.76. The van der Waals surface area contributed by atoms with Gasteiger partial charge in [0.05, 0.1) is 22.1 Å². The Bertz CT molecular complexity index is 3550. The summed E-state index contributed by atoms with van der Waals surface area (Å²) in [5.41, 5.74) is 4.50. The van der Waals surface area contributed by atoms with Crippen molar-refractivity contribution in [1.29, 1.82) is 0 Å². The molecular formula is C44H20N4O2. The molecule has 0 saturated heterocycles. The van der Waals surface area contributed by atoms with Crippen molar-refractivity contribution in [3.05, 3.63) is 142 Å². The molecule has 6 heteroatoms. The van der Waals surface area contributed by atoms with Crippen molar-refractivity contribution in [1.82, 2.24) is 18.8 Å². The largest absolute Gasteiger partial charge is 0.268 e. The number of hydrogen-bond acceptors (Lipinski definition) is 4. The van der Waals surface area contributed by atoms with Gasteiger partial charge in [-0.15, -0.1) is 0 Å². The van der Waals surface area contributed by atoms with Crippen molar-refractivity contribution in [2.75, 3.05) is 0 Å². The quantitative estimate of drug-likeness (QED) is 0.123. The van der Waals surface area contributed by atoms with Gasteiger partial charge >= 0.3 is 0 Å². The Morgan fingerprint density at radius 3 is 1.14 bits per heavy atom. The lowest BCUT2D eigenvalue weighted by Gasteiger charge is -2.18. The molecule has 0 amide bonds. The van der Waals surface area contributed by atoms with E-state index in [0.717, 1.165) is 97.5 Å². The minimum absolute atomic E-state index is 0.0675. The molecule has 13 aromatic rings. The molecular weight excluding hydrogens is 617 g/mol. The van der Waals surface area contributed by atoms with Crippen molar-refractivity contribution in [3.63, 3.8) is 0 Å². The summed E-state index contributed by atoms with van der Waals surface area (Å²) in [5, 5.41) is 15.7. The summed E-state index contributed by atoms with van der Waals surface area (Å²) in [4.78, 5) is 39.1. The zero-order valence-corrected chi connectivity index (χ0v) is 26.2. The van der Waals surface area contributed by atoms with Gasteiger partial charge in [-0.25, -0.2) is 9.97 Å². The van der Waals surface area contributed by atoms with Crippen LogP contribution in [0.5, 0.6) is 0 Å². The first-order chi connectivity index (χ1) is 24.7. The summed E-state index contributed by atoms with van der Waals surface area (Å²) >= 11 is 0. The van der Waals surface area contributed by atoms with Crippen LogP contribution in [-0.4, -0.2) is 18.8 Å². The number of rotatable bonds is 0. The van der Waals surface area contributed by atoms with Crippen LogP contribution in [0.15, 0.2) is 131 Å². The van der Waals surface area contributed by atoms with Gasteiger partial charge in [-0.1, -0.05) is 84.9 Å². The number of imidazole rings is 2. The van der Waals surface area contributed by atoms with Gasteiger partial charge in [0.2, 0.25) is 0 Å². The van der Waals surface area contributed by atoms with Crippen molar-refractivity contribution >= 4 is 120 Å². The lowest BCUT2D eigenvalue weighted by molar-refractivity contribution is 1.19. The van der Waals surface area contributed by atoms with Crippen LogP contribution in [0.25, 0.3) is 120 Å². The van der Waals surface area contributed by atoms with Crippen molar-refractivity contribution in [2.24, 2.45) is 0 Å². The van der Waals surface area contributed by atoms with E-state index in [1.165, 1.54) is 0 Å². The molecule has 0 aliphatic carbocycles. The Balaban J connectivity index is 1.22. The standard InChI is InChI=1S/C44H20N4O2/c49-43-31-17-13-27-28-14-18-32-38-30(42-46-40-24-8-4-2-6-22(24)10-20-34(40)48(42)44(32)50)16-12-26(36(28)38)25-11-15-29(37(31)35(25)27)41-45-39-23-7-3-1-5-21(23)9-19-33(39)47(41)43/h1-20H. The highest BCUT2D eigenvalue weighted by atomic mass is 16.1. The summed E-state index contributed by atoms with van der Waals surface area (Å²) in [7, 11) is 0. The van der Waals surface area contributed by atoms with E-state index in [9.17, 15) is 9.59 Å². The van der Waals surface area contributed by atoms with Gasteiger partial charge < -0.3 is 0 Å². The Morgan fingerprint density at radius 2 is 0.700 bits per heavy atom. The Labute approximate surface area is 279 Å². The molecule has 0 saturated carbocycles. The van der Waals surface area contributed by atoms with Gasteiger partial charge in [0.25, 0.3) is 11.1 Å². The van der Waals surface area contributed by atoms with Gasteiger partial charge in [0, 0.05) is 43.1 Å². The van der Waals surface area contributed by atoms with Crippen LogP contribution < -0.4 is 11.1 Å². The SMILES string of the molecule is O=c1c2ccc3c4ccc5c(=O)n6c7ccc8ccccc8c7nc6c6ccc(c7ccc(c2c37)c2nc3c7ccccc7ccc3n12)c4c56. The van der Waals surface area contributed by atoms with E-state index in [0.29, 0.717) is 22.1 Å². The fourth-order valence-corrected chi connectivity index (χ4v) is 9.25. The minimum Gasteiger partial charge on any atom is -0.268 e. The fraction of sp³-hybridized carbons (Fsp3) is 0. The first-order valence-electron chi connectivity index (χ1n) is 16.8. The van der Waals surface area contributed by atoms with Gasteiger partial charge in [0.1, 0.15) is 11.3 Å². The molecule has 9 aromatic carbocycles. The zero-order valence-electron chi connectivity index (χ0n) is 26.2. The zero-order chi connectivity index (χ0) is 32.6. The van der Waals surface area contributed by atoms with Crippen LogP contribution in [0.3, 0.4) is 0 Å². The molecule has 13 rings (SSSR count). The maximum absolute atomic E-state index is 14.4. The number of pyridine rings is 2. The highest BCUT2D eigenvalue weighted by Crippen LogP contribution is 2.46. The smallest absolute Gasteiger partial charge is 0.264 e. The molecule has 0 bridgehead atoms.